The molecule has 0 saturated carbocycles. The first kappa shape index (κ1) is 16.5. The Morgan fingerprint density at radius 3 is 2.25 bits per heavy atom. The number of nitrogens with zero attached hydrogens (tertiary/aromatic N) is 1. The van der Waals surface area contributed by atoms with Gasteiger partial charge in [-0.15, -0.1) is 0 Å². The molecular formula is C14H19ClN2O3. The van der Waals surface area contributed by atoms with Gasteiger partial charge in [0.1, 0.15) is 6.54 Å². The van der Waals surface area contributed by atoms with E-state index in [0.717, 1.165) is 0 Å². The lowest BCUT2D eigenvalue weighted by Gasteiger charge is -2.27. The normalized spacial score (nSPS) is 12.2. The number of aliphatic carboxylic acids is 1. The number of hydrogen-bond donors (Lipinski definition) is 2. The molecule has 0 radical (unpaired) electrons. The largest absolute Gasteiger partial charge is 0.480 e. The molecule has 3 N–H and O–H groups in total. The number of carboxylic acid groups (broad SMARTS) is 1. The average Bonchev–Trinajstić information content (AvgIpc) is 2.37. The number of carbonyl (C=O) groups excluding carboxylic acids is 1. The van der Waals surface area contributed by atoms with E-state index in [1.54, 1.807) is 24.3 Å². The van der Waals surface area contributed by atoms with Crippen LogP contribution < -0.4 is 10.6 Å². The first-order chi connectivity index (χ1) is 9.36. The Kier molecular flexibility index (Phi) is 5.98. The van der Waals surface area contributed by atoms with Crippen molar-refractivity contribution in [2.24, 2.45) is 17.6 Å². The molecule has 1 aromatic rings. The minimum atomic E-state index is -1.08. The van der Waals surface area contributed by atoms with E-state index < -0.39 is 18.4 Å². The van der Waals surface area contributed by atoms with Crippen molar-refractivity contribution in [2.75, 3.05) is 18.0 Å². The van der Waals surface area contributed by atoms with Crippen LogP contribution in [0.25, 0.3) is 0 Å². The summed E-state index contributed by atoms with van der Waals surface area (Å²) in [5, 5.41) is 9.51. The van der Waals surface area contributed by atoms with Crippen molar-refractivity contribution in [3.05, 3.63) is 29.3 Å². The first-order valence-electron chi connectivity index (χ1n) is 6.35. The van der Waals surface area contributed by atoms with Gasteiger partial charge in [-0.25, -0.2) is 0 Å². The van der Waals surface area contributed by atoms with Crippen LogP contribution in [0.1, 0.15) is 13.8 Å². The molecule has 1 amide bonds. The molecule has 0 aromatic heterocycles. The summed E-state index contributed by atoms with van der Waals surface area (Å²) < 4.78 is 0. The molecule has 0 fully saturated rings. The van der Waals surface area contributed by atoms with Gasteiger partial charge in [-0.2, -0.15) is 0 Å². The second-order valence-corrected chi connectivity index (χ2v) is 5.32. The molecule has 0 saturated heterocycles. The number of carboxylic acids is 1. The van der Waals surface area contributed by atoms with Gasteiger partial charge in [-0.3, -0.25) is 9.59 Å². The van der Waals surface area contributed by atoms with Crippen molar-refractivity contribution < 1.29 is 14.7 Å². The smallest absolute Gasteiger partial charge is 0.323 e. The Balaban J connectivity index is 3.08. The van der Waals surface area contributed by atoms with Gasteiger partial charge in [-0.05, 0) is 30.2 Å². The van der Waals surface area contributed by atoms with Gasteiger partial charge < -0.3 is 15.7 Å². The number of rotatable bonds is 6. The summed E-state index contributed by atoms with van der Waals surface area (Å²) in [6.07, 6.45) is 0. The molecule has 0 aliphatic rings. The molecule has 1 rings (SSSR count). The predicted molar refractivity (Wildman–Crippen MR) is 78.8 cm³/mol. The molecule has 20 heavy (non-hydrogen) atoms. The highest BCUT2D eigenvalue weighted by molar-refractivity contribution is 6.30. The molecular weight excluding hydrogens is 280 g/mol. The Bertz CT molecular complexity index is 474. The molecule has 1 aromatic carbocycles. The summed E-state index contributed by atoms with van der Waals surface area (Å²) in [5.41, 5.74) is 6.13. The molecule has 6 heteroatoms. The zero-order chi connectivity index (χ0) is 15.3. The van der Waals surface area contributed by atoms with Crippen LogP contribution in [0.5, 0.6) is 0 Å². The van der Waals surface area contributed by atoms with Crippen molar-refractivity contribution in [2.45, 2.75) is 13.8 Å². The monoisotopic (exact) mass is 298 g/mol. The number of halogens is 1. The summed E-state index contributed by atoms with van der Waals surface area (Å²) in [6, 6.07) is 6.48. The molecule has 110 valence electrons. The fraction of sp³-hybridized carbons (Fsp3) is 0.429. The Morgan fingerprint density at radius 2 is 1.85 bits per heavy atom. The second kappa shape index (κ2) is 7.26. The highest BCUT2D eigenvalue weighted by Crippen LogP contribution is 2.22. The summed E-state index contributed by atoms with van der Waals surface area (Å²) >= 11 is 5.80. The zero-order valence-corrected chi connectivity index (χ0v) is 12.3. The van der Waals surface area contributed by atoms with Crippen LogP contribution in [-0.4, -0.2) is 30.1 Å². The van der Waals surface area contributed by atoms with E-state index in [4.69, 9.17) is 22.4 Å². The highest BCUT2D eigenvalue weighted by Gasteiger charge is 2.28. The van der Waals surface area contributed by atoms with Crippen molar-refractivity contribution in [1.82, 2.24) is 0 Å². The highest BCUT2D eigenvalue weighted by atomic mass is 35.5. The minimum Gasteiger partial charge on any atom is -0.480 e. The van der Waals surface area contributed by atoms with E-state index in [2.05, 4.69) is 0 Å². The molecule has 0 aliphatic heterocycles. The third-order valence-electron chi connectivity index (χ3n) is 3.07. The zero-order valence-electron chi connectivity index (χ0n) is 11.5. The van der Waals surface area contributed by atoms with E-state index in [0.29, 0.717) is 10.7 Å². The van der Waals surface area contributed by atoms with Gasteiger partial charge in [0.25, 0.3) is 0 Å². The van der Waals surface area contributed by atoms with Crippen LogP contribution in [0.15, 0.2) is 24.3 Å². The quantitative estimate of drug-likeness (QED) is 0.841. The van der Waals surface area contributed by atoms with Gasteiger partial charge in [-0.1, -0.05) is 25.4 Å². The van der Waals surface area contributed by atoms with E-state index in [1.807, 2.05) is 13.8 Å². The molecule has 0 heterocycles. The topological polar surface area (TPSA) is 83.6 Å². The van der Waals surface area contributed by atoms with Crippen LogP contribution in [0, 0.1) is 11.8 Å². The lowest BCUT2D eigenvalue weighted by Crippen LogP contribution is -2.44. The maximum atomic E-state index is 12.5. The molecule has 5 nitrogen and oxygen atoms in total. The Hall–Kier alpha value is -1.59. The molecule has 0 aliphatic carbocycles. The minimum absolute atomic E-state index is 0.0381. The van der Waals surface area contributed by atoms with Crippen LogP contribution >= 0.6 is 11.6 Å². The SMILES string of the molecule is CC(C)C(CN)C(=O)N(CC(=O)O)c1ccc(Cl)cc1. The van der Waals surface area contributed by atoms with Crippen LogP contribution in [0.3, 0.4) is 0 Å². The van der Waals surface area contributed by atoms with Crippen LogP contribution in [0.4, 0.5) is 5.69 Å². The number of nitrogens with two attached hydrogens (primary N) is 1. The average molecular weight is 299 g/mol. The number of hydrogen-bond acceptors (Lipinski definition) is 3. The van der Waals surface area contributed by atoms with E-state index in [1.165, 1.54) is 4.90 Å². The van der Waals surface area contributed by atoms with Crippen molar-refractivity contribution in [3.63, 3.8) is 0 Å². The summed E-state index contributed by atoms with van der Waals surface area (Å²) in [7, 11) is 0. The van der Waals surface area contributed by atoms with Gasteiger partial charge in [0.2, 0.25) is 5.91 Å². The molecule has 1 atom stereocenters. The summed E-state index contributed by atoms with van der Waals surface area (Å²) in [5.74, 6) is -1.74. The number of anilines is 1. The Morgan fingerprint density at radius 1 is 1.30 bits per heavy atom. The standard InChI is InChI=1S/C14H19ClN2O3/c1-9(2)12(7-16)14(20)17(8-13(18)19)11-5-3-10(15)4-6-11/h3-6,9,12H,7-8,16H2,1-2H3,(H,18,19). The molecule has 0 spiro atoms. The first-order valence-corrected chi connectivity index (χ1v) is 6.73. The maximum Gasteiger partial charge on any atom is 0.323 e. The van der Waals surface area contributed by atoms with E-state index in [9.17, 15) is 9.59 Å². The lowest BCUT2D eigenvalue weighted by molar-refractivity contribution is -0.137. The van der Waals surface area contributed by atoms with E-state index >= 15 is 0 Å². The van der Waals surface area contributed by atoms with Gasteiger partial charge >= 0.3 is 5.97 Å². The second-order valence-electron chi connectivity index (χ2n) is 4.88. The van der Waals surface area contributed by atoms with Crippen molar-refractivity contribution in [3.8, 4) is 0 Å². The third-order valence-corrected chi connectivity index (χ3v) is 3.33. The molecule has 1 unspecified atom stereocenters. The fourth-order valence-corrected chi connectivity index (χ4v) is 2.04. The van der Waals surface area contributed by atoms with Crippen LogP contribution in [-0.2, 0) is 9.59 Å². The predicted octanol–water partition coefficient (Wildman–Crippen LogP) is 1.99. The van der Waals surface area contributed by atoms with Gasteiger partial charge in [0.05, 0.1) is 5.92 Å². The Labute approximate surface area is 123 Å². The van der Waals surface area contributed by atoms with Crippen molar-refractivity contribution >= 4 is 29.2 Å². The van der Waals surface area contributed by atoms with Gasteiger partial charge in [0, 0.05) is 17.3 Å². The molecule has 0 bridgehead atoms. The fourth-order valence-electron chi connectivity index (χ4n) is 1.91. The third kappa shape index (κ3) is 4.21. The number of benzene rings is 1. The van der Waals surface area contributed by atoms with E-state index in [-0.39, 0.29) is 18.4 Å². The number of amides is 1. The number of carbonyl (C=O) groups is 2. The summed E-state index contributed by atoms with van der Waals surface area (Å²) in [6.45, 7) is 3.55. The lowest BCUT2D eigenvalue weighted by atomic mass is 9.94. The van der Waals surface area contributed by atoms with Crippen molar-refractivity contribution in [1.29, 1.82) is 0 Å². The summed E-state index contributed by atoms with van der Waals surface area (Å²) in [4.78, 5) is 24.7. The maximum absolute atomic E-state index is 12.5. The van der Waals surface area contributed by atoms with Gasteiger partial charge in [0.15, 0.2) is 0 Å². The van der Waals surface area contributed by atoms with Crippen LogP contribution in [0.2, 0.25) is 5.02 Å².